The lowest BCUT2D eigenvalue weighted by atomic mass is 10.8. The van der Waals surface area contributed by atoms with Crippen molar-refractivity contribution in [3.05, 3.63) is 5.82 Å². The van der Waals surface area contributed by atoms with Crippen molar-refractivity contribution in [3.8, 4) is 0 Å². The largest absolute Gasteiger partial charge is 0.172 e. The summed E-state index contributed by atoms with van der Waals surface area (Å²) >= 11 is 3.74. The lowest BCUT2D eigenvalue weighted by molar-refractivity contribution is 0.824. The summed E-state index contributed by atoms with van der Waals surface area (Å²) in [7, 11) is 0. The summed E-state index contributed by atoms with van der Waals surface area (Å²) in [5.41, 5.74) is 0. The molecule has 0 spiro atoms. The molecule has 1 aromatic rings. The number of hydrogen-bond acceptors (Lipinski definition) is 4. The van der Waals surface area contributed by atoms with Crippen LogP contribution in [0.2, 0.25) is 0 Å². The van der Waals surface area contributed by atoms with Gasteiger partial charge in [-0.1, -0.05) is 0 Å². The van der Waals surface area contributed by atoms with E-state index in [1.807, 2.05) is 0 Å². The van der Waals surface area contributed by atoms with Crippen molar-refractivity contribution in [1.29, 1.82) is 0 Å². The number of hydrogen-bond donors (Lipinski definition) is 1. The Morgan fingerprint density at radius 2 is 2.43 bits per heavy atom. The minimum Gasteiger partial charge on any atom is -0.126 e. The van der Waals surface area contributed by atoms with Gasteiger partial charge in [-0.25, -0.2) is 0 Å². The Balaban J connectivity index is 3.04. The number of nitrogens with zero attached hydrogens (tertiary/aromatic N) is 4. The maximum atomic E-state index is 3.74. The Labute approximate surface area is 46.1 Å². The van der Waals surface area contributed by atoms with Gasteiger partial charge >= 0.3 is 0 Å². The lowest BCUT2D eigenvalue weighted by Gasteiger charge is -1.71. The van der Waals surface area contributed by atoms with Gasteiger partial charge in [0.15, 0.2) is 5.82 Å². The minimum atomic E-state index is 0.634. The van der Waals surface area contributed by atoms with Gasteiger partial charge in [-0.15, -0.1) is 14.4 Å². The van der Waals surface area contributed by atoms with E-state index in [9.17, 15) is 0 Å². The normalized spacial score (nSPS) is 9.43. The molecule has 38 valence electrons. The quantitative estimate of drug-likeness (QED) is 0.472. The molecule has 0 N–H and O–H groups in total. The van der Waals surface area contributed by atoms with Crippen molar-refractivity contribution < 1.29 is 0 Å². The van der Waals surface area contributed by atoms with E-state index in [-0.39, 0.29) is 0 Å². The van der Waals surface area contributed by atoms with Crippen LogP contribution in [0.4, 0.5) is 0 Å². The van der Waals surface area contributed by atoms with Crippen LogP contribution in [0.15, 0.2) is 0 Å². The number of tetrazole rings is 1. The molecule has 1 rings (SSSR count). The van der Waals surface area contributed by atoms with Crippen molar-refractivity contribution in [2.45, 2.75) is 6.92 Å². The lowest BCUT2D eigenvalue weighted by Crippen LogP contribution is -1.83. The first-order valence-electron chi connectivity index (χ1n) is 1.75. The molecule has 0 atom stereocenters. The molecule has 0 radical (unpaired) electrons. The molecule has 1 heterocycles. The fourth-order valence-electron chi connectivity index (χ4n) is 0.274. The molecule has 0 fully saturated rings. The molecule has 1 aromatic heterocycles. The number of aromatic nitrogens is 4. The first kappa shape index (κ1) is 4.58. The number of aryl methyl sites for hydroxylation is 1. The first-order chi connectivity index (χ1) is 3.29. The summed E-state index contributed by atoms with van der Waals surface area (Å²) in [6, 6.07) is 0. The average molecular weight is 116 g/mol. The van der Waals surface area contributed by atoms with Gasteiger partial charge in [-0.2, -0.15) is 0 Å². The third kappa shape index (κ3) is 0.894. The monoisotopic (exact) mass is 116 g/mol. The van der Waals surface area contributed by atoms with Crippen LogP contribution < -0.4 is 0 Å². The summed E-state index contributed by atoms with van der Waals surface area (Å²) in [6.45, 7) is 1.75. The SMILES string of the molecule is Cc1nnn(S)n1. The molecule has 0 aromatic carbocycles. The summed E-state index contributed by atoms with van der Waals surface area (Å²) < 4.78 is 1.12. The van der Waals surface area contributed by atoms with Crippen LogP contribution in [0.3, 0.4) is 0 Å². The Morgan fingerprint density at radius 3 is 2.57 bits per heavy atom. The van der Waals surface area contributed by atoms with E-state index in [1.165, 1.54) is 0 Å². The van der Waals surface area contributed by atoms with Crippen molar-refractivity contribution in [2.75, 3.05) is 0 Å². The van der Waals surface area contributed by atoms with Gasteiger partial charge < -0.3 is 0 Å². The van der Waals surface area contributed by atoms with Crippen LogP contribution >= 0.6 is 12.8 Å². The maximum Gasteiger partial charge on any atom is 0.172 e. The number of thiol groups is 1. The fraction of sp³-hybridized carbons (Fsp3) is 0.500. The Morgan fingerprint density at radius 1 is 1.71 bits per heavy atom. The average Bonchev–Trinajstić information content (AvgIpc) is 1.87. The van der Waals surface area contributed by atoms with Gasteiger partial charge in [0, 0.05) is 0 Å². The highest BCUT2D eigenvalue weighted by molar-refractivity contribution is 7.78. The summed E-state index contributed by atoms with van der Waals surface area (Å²) in [5, 5.41) is 10.6. The van der Waals surface area contributed by atoms with Crippen LogP contribution in [0.25, 0.3) is 0 Å². The van der Waals surface area contributed by atoms with Crippen LogP contribution in [0.1, 0.15) is 5.82 Å². The molecule has 5 heteroatoms. The molecule has 4 nitrogen and oxygen atoms in total. The smallest absolute Gasteiger partial charge is 0.126 e. The Bertz CT molecular complexity index is 142. The van der Waals surface area contributed by atoms with Crippen LogP contribution in [-0.4, -0.2) is 19.6 Å². The van der Waals surface area contributed by atoms with Crippen LogP contribution in [0, 0.1) is 6.92 Å². The highest BCUT2D eigenvalue weighted by Gasteiger charge is 1.86. The molecular formula is C2H4N4S. The Kier molecular flexibility index (Phi) is 0.976. The molecule has 7 heavy (non-hydrogen) atoms. The molecule has 0 amide bonds. The van der Waals surface area contributed by atoms with Crippen molar-refractivity contribution in [1.82, 2.24) is 19.6 Å². The third-order valence-corrected chi connectivity index (χ3v) is 0.673. The topological polar surface area (TPSA) is 43.6 Å². The van der Waals surface area contributed by atoms with E-state index in [4.69, 9.17) is 0 Å². The zero-order valence-electron chi connectivity index (χ0n) is 3.74. The summed E-state index contributed by atoms with van der Waals surface area (Å²) in [6.07, 6.45) is 0. The fourth-order valence-corrected chi connectivity index (χ4v) is 0.444. The molecule has 0 aliphatic carbocycles. The van der Waals surface area contributed by atoms with Gasteiger partial charge in [0.05, 0.1) is 0 Å². The molecule has 0 aliphatic heterocycles. The van der Waals surface area contributed by atoms with Crippen molar-refractivity contribution in [2.24, 2.45) is 0 Å². The number of rotatable bonds is 0. The van der Waals surface area contributed by atoms with E-state index < -0.39 is 0 Å². The predicted octanol–water partition coefficient (Wildman–Crippen LogP) is -0.326. The molecule has 0 aliphatic rings. The highest BCUT2D eigenvalue weighted by Crippen LogP contribution is 1.79. The highest BCUT2D eigenvalue weighted by atomic mass is 32.1. The van der Waals surface area contributed by atoms with E-state index in [0.29, 0.717) is 5.82 Å². The molecule has 0 unspecified atom stereocenters. The van der Waals surface area contributed by atoms with Crippen LogP contribution in [0.5, 0.6) is 0 Å². The zero-order valence-corrected chi connectivity index (χ0v) is 4.63. The van der Waals surface area contributed by atoms with E-state index in [2.05, 4.69) is 28.2 Å². The minimum absolute atomic E-state index is 0.634. The van der Waals surface area contributed by atoms with E-state index in [1.54, 1.807) is 6.92 Å². The summed E-state index contributed by atoms with van der Waals surface area (Å²) in [4.78, 5) is 0. The van der Waals surface area contributed by atoms with Gasteiger partial charge in [-0.3, -0.25) is 0 Å². The van der Waals surface area contributed by atoms with Crippen LogP contribution in [-0.2, 0) is 0 Å². The van der Waals surface area contributed by atoms with Gasteiger partial charge in [0.1, 0.15) is 0 Å². The van der Waals surface area contributed by atoms with E-state index >= 15 is 0 Å². The standard InChI is InChI=1S/C2H4N4S/c1-2-3-5-6(7)4-2/h7H,1H3. The maximum absolute atomic E-state index is 3.74. The second-order valence-corrected chi connectivity index (χ2v) is 1.46. The third-order valence-electron chi connectivity index (χ3n) is 0.504. The Hall–Kier alpha value is -0.580. The second-order valence-electron chi connectivity index (χ2n) is 1.10. The molecule has 0 bridgehead atoms. The van der Waals surface area contributed by atoms with Gasteiger partial charge in [0.2, 0.25) is 0 Å². The summed E-state index contributed by atoms with van der Waals surface area (Å²) in [5.74, 6) is 0.634. The molecule has 0 saturated heterocycles. The predicted molar refractivity (Wildman–Crippen MR) is 26.9 cm³/mol. The van der Waals surface area contributed by atoms with Crippen molar-refractivity contribution >= 4 is 12.8 Å². The zero-order chi connectivity index (χ0) is 5.28. The van der Waals surface area contributed by atoms with Gasteiger partial charge in [-0.05, 0) is 25.0 Å². The second kappa shape index (κ2) is 1.49. The van der Waals surface area contributed by atoms with Gasteiger partial charge in [0.25, 0.3) is 0 Å². The van der Waals surface area contributed by atoms with Crippen molar-refractivity contribution in [3.63, 3.8) is 0 Å². The molecule has 0 saturated carbocycles. The van der Waals surface area contributed by atoms with E-state index in [0.717, 1.165) is 4.20 Å². The first-order valence-corrected chi connectivity index (χ1v) is 2.15. The molecular weight excluding hydrogens is 112 g/mol.